The first-order valence-corrected chi connectivity index (χ1v) is 4.59. The summed E-state index contributed by atoms with van der Waals surface area (Å²) in [6.45, 7) is 0.358. The molecule has 0 aliphatic carbocycles. The first-order valence-electron chi connectivity index (χ1n) is 4.59. The normalized spacial score (nSPS) is 19.9. The van der Waals surface area contributed by atoms with Gasteiger partial charge in [0.25, 0.3) is 0 Å². The van der Waals surface area contributed by atoms with Gasteiger partial charge in [0, 0.05) is 18.5 Å². The Morgan fingerprint density at radius 1 is 1.40 bits per heavy atom. The Kier molecular flexibility index (Phi) is 2.64. The molecular weight excluding hydrogens is 202 g/mol. The van der Waals surface area contributed by atoms with Crippen molar-refractivity contribution in [2.75, 3.05) is 6.54 Å². The largest absolute Gasteiger partial charge is 0.390 e. The lowest BCUT2D eigenvalue weighted by Crippen LogP contribution is -2.20. The summed E-state index contributed by atoms with van der Waals surface area (Å²) in [7, 11) is 0. The number of oxime groups is 1. The van der Waals surface area contributed by atoms with E-state index >= 15 is 0 Å². The van der Waals surface area contributed by atoms with Gasteiger partial charge in [-0.1, -0.05) is 5.16 Å². The molecule has 0 spiro atoms. The average molecular weight is 212 g/mol. The molecule has 1 aliphatic rings. The molecule has 80 valence electrons. The number of hydrogen-bond acceptors (Lipinski definition) is 3. The molecule has 1 aromatic rings. The highest BCUT2D eigenvalue weighted by molar-refractivity contribution is 6.01. The summed E-state index contributed by atoms with van der Waals surface area (Å²) in [5.41, 5.74) is 6.53. The monoisotopic (exact) mass is 212 g/mol. The summed E-state index contributed by atoms with van der Waals surface area (Å²) in [6.07, 6.45) is 0.370. The molecule has 0 bridgehead atoms. The first kappa shape index (κ1) is 10.0. The van der Waals surface area contributed by atoms with E-state index in [1.807, 2.05) is 0 Å². The first-order chi connectivity index (χ1) is 7.20. The van der Waals surface area contributed by atoms with Crippen molar-refractivity contribution in [3.63, 3.8) is 0 Å². The van der Waals surface area contributed by atoms with Crippen molar-refractivity contribution in [1.29, 1.82) is 0 Å². The van der Waals surface area contributed by atoms with Crippen molar-refractivity contribution >= 4 is 5.71 Å². The molecule has 1 aromatic carbocycles. The molecule has 1 unspecified atom stereocenters. The Labute approximate surface area is 85.5 Å². The zero-order chi connectivity index (χ0) is 10.8. The number of benzene rings is 1. The topological polar surface area (TPSA) is 47.6 Å². The Morgan fingerprint density at radius 2 is 2.20 bits per heavy atom. The van der Waals surface area contributed by atoms with Gasteiger partial charge in [0.15, 0.2) is 11.6 Å². The number of halogens is 2. The molecular formula is C10H10F2N2O. The Balaban J connectivity index is 2.21. The third-order valence-corrected chi connectivity index (χ3v) is 2.25. The van der Waals surface area contributed by atoms with Crippen LogP contribution >= 0.6 is 0 Å². The summed E-state index contributed by atoms with van der Waals surface area (Å²) in [4.78, 5) is 4.99. The fourth-order valence-electron chi connectivity index (χ4n) is 1.40. The van der Waals surface area contributed by atoms with Gasteiger partial charge >= 0.3 is 0 Å². The SMILES string of the molecule is NCC1CC(c2ccc(F)c(F)c2)=NO1. The van der Waals surface area contributed by atoms with E-state index in [4.69, 9.17) is 10.6 Å². The maximum Gasteiger partial charge on any atom is 0.159 e. The summed E-state index contributed by atoms with van der Waals surface area (Å²) in [5, 5.41) is 3.78. The van der Waals surface area contributed by atoms with E-state index in [9.17, 15) is 8.78 Å². The Hall–Kier alpha value is -1.49. The molecule has 0 saturated heterocycles. The third kappa shape index (κ3) is 1.97. The van der Waals surface area contributed by atoms with Crippen molar-refractivity contribution in [3.05, 3.63) is 35.4 Å². The lowest BCUT2D eigenvalue weighted by atomic mass is 10.0. The average Bonchev–Trinajstić information content (AvgIpc) is 2.70. The maximum atomic E-state index is 12.9. The molecule has 15 heavy (non-hydrogen) atoms. The minimum atomic E-state index is -0.883. The molecule has 1 heterocycles. The van der Waals surface area contributed by atoms with Crippen LogP contribution in [0.4, 0.5) is 8.78 Å². The fraction of sp³-hybridized carbons (Fsp3) is 0.300. The van der Waals surface area contributed by atoms with Crippen LogP contribution in [0.15, 0.2) is 23.4 Å². The van der Waals surface area contributed by atoms with Crippen LogP contribution in [0.5, 0.6) is 0 Å². The second-order valence-electron chi connectivity index (χ2n) is 3.33. The van der Waals surface area contributed by atoms with Crippen molar-refractivity contribution < 1.29 is 13.6 Å². The standard InChI is InChI=1S/C10H10F2N2O/c11-8-2-1-6(3-9(8)12)10-4-7(5-13)15-14-10/h1-3,7H,4-5,13H2. The summed E-state index contributed by atoms with van der Waals surface area (Å²) in [5.74, 6) is -1.75. The second-order valence-corrected chi connectivity index (χ2v) is 3.33. The lowest BCUT2D eigenvalue weighted by Gasteiger charge is -2.02. The van der Waals surface area contributed by atoms with Crippen LogP contribution in [-0.2, 0) is 4.84 Å². The minimum Gasteiger partial charge on any atom is -0.390 e. The molecule has 1 aliphatic heterocycles. The maximum absolute atomic E-state index is 12.9. The smallest absolute Gasteiger partial charge is 0.159 e. The number of rotatable bonds is 2. The van der Waals surface area contributed by atoms with E-state index in [1.54, 1.807) is 0 Å². The van der Waals surface area contributed by atoms with Gasteiger partial charge in [-0.05, 0) is 18.2 Å². The molecule has 0 amide bonds. The van der Waals surface area contributed by atoms with Crippen molar-refractivity contribution in [2.24, 2.45) is 10.9 Å². The molecule has 0 aromatic heterocycles. The van der Waals surface area contributed by atoms with E-state index in [0.29, 0.717) is 24.2 Å². The van der Waals surface area contributed by atoms with E-state index in [-0.39, 0.29) is 6.10 Å². The molecule has 2 rings (SSSR count). The van der Waals surface area contributed by atoms with Crippen LogP contribution in [0.2, 0.25) is 0 Å². The van der Waals surface area contributed by atoms with Gasteiger partial charge < -0.3 is 10.6 Å². The van der Waals surface area contributed by atoms with Crippen LogP contribution in [0.25, 0.3) is 0 Å². The Bertz CT molecular complexity index is 406. The van der Waals surface area contributed by atoms with E-state index in [2.05, 4.69) is 5.16 Å². The van der Waals surface area contributed by atoms with Crippen LogP contribution in [0.3, 0.4) is 0 Å². The van der Waals surface area contributed by atoms with Gasteiger partial charge in [0.05, 0.1) is 5.71 Å². The van der Waals surface area contributed by atoms with Gasteiger partial charge in [-0.3, -0.25) is 0 Å². The lowest BCUT2D eigenvalue weighted by molar-refractivity contribution is 0.0918. The molecule has 5 heteroatoms. The van der Waals surface area contributed by atoms with E-state index in [0.717, 1.165) is 12.1 Å². The van der Waals surface area contributed by atoms with E-state index in [1.165, 1.54) is 6.07 Å². The van der Waals surface area contributed by atoms with Gasteiger partial charge in [-0.15, -0.1) is 0 Å². The van der Waals surface area contributed by atoms with Crippen LogP contribution < -0.4 is 5.73 Å². The number of nitrogens with two attached hydrogens (primary N) is 1. The summed E-state index contributed by atoms with van der Waals surface area (Å²) >= 11 is 0. The van der Waals surface area contributed by atoms with Gasteiger partial charge in [0.2, 0.25) is 0 Å². The number of hydrogen-bond donors (Lipinski definition) is 1. The zero-order valence-corrected chi connectivity index (χ0v) is 7.91. The predicted molar refractivity (Wildman–Crippen MR) is 51.4 cm³/mol. The van der Waals surface area contributed by atoms with E-state index < -0.39 is 11.6 Å². The van der Waals surface area contributed by atoms with Crippen LogP contribution in [-0.4, -0.2) is 18.4 Å². The highest BCUT2D eigenvalue weighted by Gasteiger charge is 2.21. The van der Waals surface area contributed by atoms with Gasteiger partial charge in [-0.25, -0.2) is 8.78 Å². The number of nitrogens with zero attached hydrogens (tertiary/aromatic N) is 1. The quantitative estimate of drug-likeness (QED) is 0.805. The van der Waals surface area contributed by atoms with Crippen LogP contribution in [0.1, 0.15) is 12.0 Å². The second kappa shape index (κ2) is 3.94. The fourth-order valence-corrected chi connectivity index (χ4v) is 1.40. The molecule has 1 atom stereocenters. The Morgan fingerprint density at radius 3 is 2.80 bits per heavy atom. The third-order valence-electron chi connectivity index (χ3n) is 2.25. The highest BCUT2D eigenvalue weighted by atomic mass is 19.2. The molecule has 0 fully saturated rings. The highest BCUT2D eigenvalue weighted by Crippen LogP contribution is 2.17. The molecule has 2 N–H and O–H groups in total. The van der Waals surface area contributed by atoms with Gasteiger partial charge in [0.1, 0.15) is 6.10 Å². The van der Waals surface area contributed by atoms with Crippen molar-refractivity contribution in [2.45, 2.75) is 12.5 Å². The van der Waals surface area contributed by atoms with Crippen LogP contribution in [0, 0.1) is 11.6 Å². The summed E-state index contributed by atoms with van der Waals surface area (Å²) in [6, 6.07) is 3.65. The predicted octanol–water partition coefficient (Wildman–Crippen LogP) is 1.42. The molecule has 0 radical (unpaired) electrons. The zero-order valence-electron chi connectivity index (χ0n) is 7.91. The molecule has 0 saturated carbocycles. The van der Waals surface area contributed by atoms with Gasteiger partial charge in [-0.2, -0.15) is 0 Å². The minimum absolute atomic E-state index is 0.159. The summed E-state index contributed by atoms with van der Waals surface area (Å²) < 4.78 is 25.6. The van der Waals surface area contributed by atoms with Crippen molar-refractivity contribution in [1.82, 2.24) is 0 Å². The molecule has 3 nitrogen and oxygen atoms in total. The van der Waals surface area contributed by atoms with Crippen molar-refractivity contribution in [3.8, 4) is 0 Å².